The first kappa shape index (κ1) is 14.4. The molecule has 0 heterocycles. The topological polar surface area (TPSA) is 104 Å². The van der Waals surface area contributed by atoms with Gasteiger partial charge in [-0.2, -0.15) is 0 Å². The molecule has 0 aliphatic rings. The SMILES string of the molecule is CCCCCC(=O)N[C@@H](CC(=O)O)C(=O)O. The van der Waals surface area contributed by atoms with Gasteiger partial charge in [-0.05, 0) is 6.42 Å². The fourth-order valence-electron chi connectivity index (χ4n) is 1.18. The van der Waals surface area contributed by atoms with Gasteiger partial charge < -0.3 is 15.5 Å². The van der Waals surface area contributed by atoms with Crippen molar-refractivity contribution < 1.29 is 24.6 Å². The van der Waals surface area contributed by atoms with E-state index in [2.05, 4.69) is 5.32 Å². The third-order valence-corrected chi connectivity index (χ3v) is 2.02. The first-order valence-corrected chi connectivity index (χ1v) is 5.21. The lowest BCUT2D eigenvalue weighted by Gasteiger charge is -2.11. The van der Waals surface area contributed by atoms with E-state index in [0.717, 1.165) is 12.8 Å². The van der Waals surface area contributed by atoms with Crippen molar-refractivity contribution in [2.75, 3.05) is 0 Å². The quantitative estimate of drug-likeness (QED) is 0.531. The van der Waals surface area contributed by atoms with Gasteiger partial charge in [-0.1, -0.05) is 19.8 Å². The third-order valence-electron chi connectivity index (χ3n) is 2.02. The van der Waals surface area contributed by atoms with E-state index in [1.165, 1.54) is 0 Å². The van der Waals surface area contributed by atoms with Crippen LogP contribution in [0.2, 0.25) is 0 Å². The van der Waals surface area contributed by atoms with Crippen molar-refractivity contribution in [2.24, 2.45) is 0 Å². The number of rotatable bonds is 8. The second-order valence-electron chi connectivity index (χ2n) is 3.51. The van der Waals surface area contributed by atoms with Crippen molar-refractivity contribution in [1.29, 1.82) is 0 Å². The molecule has 1 amide bonds. The Labute approximate surface area is 93.6 Å². The van der Waals surface area contributed by atoms with Crippen LogP contribution in [0, 0.1) is 0 Å². The second kappa shape index (κ2) is 7.67. The second-order valence-corrected chi connectivity index (χ2v) is 3.51. The van der Waals surface area contributed by atoms with Crippen molar-refractivity contribution in [3.8, 4) is 0 Å². The highest BCUT2D eigenvalue weighted by molar-refractivity contribution is 5.86. The highest BCUT2D eigenvalue weighted by Crippen LogP contribution is 2.00. The Morgan fingerprint density at radius 1 is 1.19 bits per heavy atom. The van der Waals surface area contributed by atoms with E-state index in [1.54, 1.807) is 0 Å². The monoisotopic (exact) mass is 231 g/mol. The summed E-state index contributed by atoms with van der Waals surface area (Å²) in [5, 5.41) is 19.3. The molecule has 16 heavy (non-hydrogen) atoms. The molecule has 3 N–H and O–H groups in total. The highest BCUT2D eigenvalue weighted by atomic mass is 16.4. The standard InChI is InChI=1S/C10H17NO5/c1-2-3-4-5-8(12)11-7(10(15)16)6-9(13)14/h7H,2-6H2,1H3,(H,11,12)(H,13,14)(H,15,16)/t7-/m0/s1. The van der Waals surface area contributed by atoms with Gasteiger partial charge in [0.05, 0.1) is 6.42 Å². The van der Waals surface area contributed by atoms with Gasteiger partial charge in [0.25, 0.3) is 0 Å². The van der Waals surface area contributed by atoms with E-state index in [-0.39, 0.29) is 6.42 Å². The van der Waals surface area contributed by atoms with Crippen molar-refractivity contribution in [3.05, 3.63) is 0 Å². The number of carboxylic acid groups (broad SMARTS) is 2. The van der Waals surface area contributed by atoms with Crippen LogP contribution in [-0.4, -0.2) is 34.1 Å². The number of carbonyl (C=O) groups excluding carboxylic acids is 1. The number of unbranched alkanes of at least 4 members (excludes halogenated alkanes) is 2. The highest BCUT2D eigenvalue weighted by Gasteiger charge is 2.22. The lowest BCUT2D eigenvalue weighted by Crippen LogP contribution is -2.42. The maximum Gasteiger partial charge on any atom is 0.326 e. The van der Waals surface area contributed by atoms with E-state index in [9.17, 15) is 14.4 Å². The summed E-state index contributed by atoms with van der Waals surface area (Å²) in [6, 6.07) is -1.34. The molecule has 0 spiro atoms. The summed E-state index contributed by atoms with van der Waals surface area (Å²) in [5.74, 6) is -2.99. The molecule has 6 nitrogen and oxygen atoms in total. The molecule has 0 saturated carbocycles. The number of carbonyl (C=O) groups is 3. The van der Waals surface area contributed by atoms with Crippen LogP contribution in [0.3, 0.4) is 0 Å². The maximum absolute atomic E-state index is 11.2. The fourth-order valence-corrected chi connectivity index (χ4v) is 1.18. The number of hydrogen-bond acceptors (Lipinski definition) is 3. The number of amides is 1. The minimum atomic E-state index is -1.34. The Hall–Kier alpha value is -1.59. The van der Waals surface area contributed by atoms with Crippen LogP contribution < -0.4 is 5.32 Å². The van der Waals surface area contributed by atoms with Crippen LogP contribution in [-0.2, 0) is 14.4 Å². The molecule has 0 fully saturated rings. The molecule has 0 saturated heterocycles. The maximum atomic E-state index is 11.2. The van der Waals surface area contributed by atoms with Crippen LogP contribution in [0.1, 0.15) is 39.0 Å². The van der Waals surface area contributed by atoms with Crippen molar-refractivity contribution >= 4 is 17.8 Å². The molecule has 0 aromatic carbocycles. The van der Waals surface area contributed by atoms with E-state index < -0.39 is 30.3 Å². The van der Waals surface area contributed by atoms with Crippen molar-refractivity contribution in [3.63, 3.8) is 0 Å². The van der Waals surface area contributed by atoms with E-state index in [1.807, 2.05) is 6.92 Å². The summed E-state index contributed by atoms with van der Waals surface area (Å²) in [6.07, 6.45) is 2.17. The molecule has 0 aromatic heterocycles. The number of aliphatic carboxylic acids is 2. The molecular weight excluding hydrogens is 214 g/mol. The van der Waals surface area contributed by atoms with E-state index in [0.29, 0.717) is 6.42 Å². The van der Waals surface area contributed by atoms with Crippen LogP contribution in [0.15, 0.2) is 0 Å². The zero-order valence-corrected chi connectivity index (χ0v) is 9.23. The van der Waals surface area contributed by atoms with Gasteiger partial charge in [0.2, 0.25) is 5.91 Å². The lowest BCUT2D eigenvalue weighted by molar-refractivity contribution is -0.147. The molecule has 0 aromatic rings. The number of hydrogen-bond donors (Lipinski definition) is 3. The predicted octanol–water partition coefficient (Wildman–Crippen LogP) is 0.611. The summed E-state index contributed by atoms with van der Waals surface area (Å²) in [4.78, 5) is 32.2. The minimum Gasteiger partial charge on any atom is -0.481 e. The van der Waals surface area contributed by atoms with Gasteiger partial charge in [0.15, 0.2) is 0 Å². The van der Waals surface area contributed by atoms with Crippen molar-refractivity contribution in [2.45, 2.75) is 45.1 Å². The Bertz CT molecular complexity index is 264. The summed E-state index contributed by atoms with van der Waals surface area (Å²) >= 11 is 0. The Morgan fingerprint density at radius 3 is 2.25 bits per heavy atom. The number of carboxylic acids is 2. The summed E-state index contributed by atoms with van der Waals surface area (Å²) in [7, 11) is 0. The average Bonchev–Trinajstić information content (AvgIpc) is 2.16. The molecule has 0 unspecified atom stereocenters. The largest absolute Gasteiger partial charge is 0.481 e. The van der Waals surface area contributed by atoms with Gasteiger partial charge in [0, 0.05) is 6.42 Å². The molecule has 0 bridgehead atoms. The van der Waals surface area contributed by atoms with Crippen LogP contribution in [0.5, 0.6) is 0 Å². The molecule has 6 heteroatoms. The van der Waals surface area contributed by atoms with E-state index in [4.69, 9.17) is 10.2 Å². The van der Waals surface area contributed by atoms with Gasteiger partial charge in [-0.3, -0.25) is 9.59 Å². The first-order chi connectivity index (χ1) is 7.47. The van der Waals surface area contributed by atoms with Crippen LogP contribution >= 0.6 is 0 Å². The zero-order valence-electron chi connectivity index (χ0n) is 9.23. The molecule has 0 aliphatic heterocycles. The van der Waals surface area contributed by atoms with Gasteiger partial charge in [-0.25, -0.2) is 4.79 Å². The summed E-state index contributed by atoms with van der Waals surface area (Å²) in [6.45, 7) is 1.99. The smallest absolute Gasteiger partial charge is 0.326 e. The van der Waals surface area contributed by atoms with Crippen molar-refractivity contribution in [1.82, 2.24) is 5.32 Å². The molecule has 1 atom stereocenters. The van der Waals surface area contributed by atoms with E-state index >= 15 is 0 Å². The fraction of sp³-hybridized carbons (Fsp3) is 0.700. The normalized spacial score (nSPS) is 11.8. The van der Waals surface area contributed by atoms with Crippen LogP contribution in [0.4, 0.5) is 0 Å². The van der Waals surface area contributed by atoms with Crippen LogP contribution in [0.25, 0.3) is 0 Å². The van der Waals surface area contributed by atoms with Gasteiger partial charge in [0.1, 0.15) is 6.04 Å². The molecule has 0 aliphatic carbocycles. The Kier molecular flexibility index (Phi) is 6.91. The summed E-state index contributed by atoms with van der Waals surface area (Å²) in [5.41, 5.74) is 0. The number of nitrogens with one attached hydrogen (secondary N) is 1. The third kappa shape index (κ3) is 6.80. The van der Waals surface area contributed by atoms with Gasteiger partial charge >= 0.3 is 11.9 Å². The average molecular weight is 231 g/mol. The minimum absolute atomic E-state index is 0.233. The summed E-state index contributed by atoms with van der Waals surface area (Å²) < 4.78 is 0. The first-order valence-electron chi connectivity index (χ1n) is 5.21. The van der Waals surface area contributed by atoms with Gasteiger partial charge in [-0.15, -0.1) is 0 Å². The molecule has 92 valence electrons. The molecule has 0 radical (unpaired) electrons. The molecule has 0 rings (SSSR count). The Balaban J connectivity index is 4.03. The predicted molar refractivity (Wildman–Crippen MR) is 56.0 cm³/mol. The molecular formula is C10H17NO5. The zero-order chi connectivity index (χ0) is 12.6. The Morgan fingerprint density at radius 2 is 1.81 bits per heavy atom. The lowest BCUT2D eigenvalue weighted by atomic mass is 10.1.